The van der Waals surface area contributed by atoms with E-state index in [4.69, 9.17) is 11.6 Å². The molecule has 174 valence electrons. The van der Waals surface area contributed by atoms with E-state index in [1.54, 1.807) is 0 Å². The highest BCUT2D eigenvalue weighted by Gasteiger charge is 2.35. The van der Waals surface area contributed by atoms with E-state index in [-0.39, 0.29) is 5.91 Å². The Balaban J connectivity index is 1.25. The Labute approximate surface area is 215 Å². The van der Waals surface area contributed by atoms with Gasteiger partial charge in [-0.15, -0.1) is 0 Å². The molecule has 0 unspecified atom stereocenters. The molecule has 0 radical (unpaired) electrons. The number of rotatable bonds is 4. The van der Waals surface area contributed by atoms with E-state index >= 15 is 0 Å². The molecule has 0 spiro atoms. The quantitative estimate of drug-likeness (QED) is 0.337. The van der Waals surface area contributed by atoms with Gasteiger partial charge in [-0.1, -0.05) is 78.4 Å². The third-order valence-electron chi connectivity index (χ3n) is 7.05. The van der Waals surface area contributed by atoms with Gasteiger partial charge in [-0.25, -0.2) is 0 Å². The van der Waals surface area contributed by atoms with Crippen LogP contribution in [0.3, 0.4) is 0 Å². The monoisotopic (exact) mass is 534 g/mol. The van der Waals surface area contributed by atoms with Crippen LogP contribution in [0, 0.1) is 0 Å². The highest BCUT2D eigenvalue weighted by molar-refractivity contribution is 9.10. The lowest BCUT2D eigenvalue weighted by Gasteiger charge is -2.46. The summed E-state index contributed by atoms with van der Waals surface area (Å²) in [7, 11) is 0. The summed E-state index contributed by atoms with van der Waals surface area (Å²) in [5, 5.41) is 0.787. The molecule has 1 amide bonds. The molecule has 0 N–H and O–H groups in total. The van der Waals surface area contributed by atoms with E-state index < -0.39 is 0 Å². The van der Waals surface area contributed by atoms with Crippen LogP contribution in [0.4, 0.5) is 0 Å². The van der Waals surface area contributed by atoms with Gasteiger partial charge in [0.15, 0.2) is 0 Å². The second-order valence-corrected chi connectivity index (χ2v) is 10.4. The number of carbonyl (C=O) groups is 1. The van der Waals surface area contributed by atoms with Crippen LogP contribution in [0.15, 0.2) is 77.3 Å². The number of hydrogen-bond donors (Lipinski definition) is 0. The van der Waals surface area contributed by atoms with E-state index in [1.165, 1.54) is 5.56 Å². The molecule has 0 saturated carbocycles. The van der Waals surface area contributed by atoms with Crippen molar-refractivity contribution < 1.29 is 4.79 Å². The van der Waals surface area contributed by atoms with Gasteiger partial charge in [-0.2, -0.15) is 0 Å². The molecule has 2 atom stereocenters. The first-order valence-electron chi connectivity index (χ1n) is 11.9. The molecule has 2 aliphatic rings. The van der Waals surface area contributed by atoms with Crippen molar-refractivity contribution in [2.75, 3.05) is 26.2 Å². The topological polar surface area (TPSA) is 23.6 Å². The molecule has 2 fully saturated rings. The number of benzene rings is 3. The second-order valence-electron chi connectivity index (χ2n) is 9.18. The SMILES string of the molecule is O=C(c1cccc(/C=C/c2ccccc2)c1Br)N1CCN2C[C@@H](c3ccc(Cl)cc3)CC[C@@H]2C1. The van der Waals surface area contributed by atoms with Gasteiger partial charge in [0.25, 0.3) is 5.91 Å². The zero-order valence-electron chi connectivity index (χ0n) is 19.0. The normalized spacial score (nSPS) is 20.9. The fourth-order valence-corrected chi connectivity index (χ4v) is 5.82. The molecule has 0 bridgehead atoms. The minimum atomic E-state index is 0.112. The zero-order chi connectivity index (χ0) is 23.5. The Morgan fingerprint density at radius 1 is 0.882 bits per heavy atom. The molecule has 2 aliphatic heterocycles. The van der Waals surface area contributed by atoms with Crippen molar-refractivity contribution in [1.29, 1.82) is 0 Å². The smallest absolute Gasteiger partial charge is 0.255 e. The molecule has 2 heterocycles. The Morgan fingerprint density at radius 3 is 2.47 bits per heavy atom. The summed E-state index contributed by atoms with van der Waals surface area (Å²) in [6.07, 6.45) is 6.39. The van der Waals surface area contributed by atoms with Gasteiger partial charge in [0.05, 0.1) is 5.56 Å². The number of hydrogen-bond acceptors (Lipinski definition) is 2. The Hall–Kier alpha value is -2.40. The van der Waals surface area contributed by atoms with Crippen LogP contribution in [0.1, 0.15) is 45.8 Å². The molecular weight excluding hydrogens is 508 g/mol. The molecule has 3 aromatic carbocycles. The van der Waals surface area contributed by atoms with Crippen LogP contribution in [-0.4, -0.2) is 47.9 Å². The van der Waals surface area contributed by atoms with Gasteiger partial charge in [0.1, 0.15) is 0 Å². The first kappa shape index (κ1) is 23.3. The summed E-state index contributed by atoms with van der Waals surface area (Å²) in [6.45, 7) is 3.53. The van der Waals surface area contributed by atoms with Crippen molar-refractivity contribution >= 4 is 45.6 Å². The van der Waals surface area contributed by atoms with Crippen LogP contribution >= 0.6 is 27.5 Å². The van der Waals surface area contributed by atoms with Crippen molar-refractivity contribution in [2.45, 2.75) is 24.8 Å². The number of piperidine rings is 1. The third kappa shape index (κ3) is 5.14. The molecule has 0 aromatic heterocycles. The molecule has 2 saturated heterocycles. The predicted octanol–water partition coefficient (Wildman–Crippen LogP) is 6.98. The van der Waals surface area contributed by atoms with Crippen LogP contribution in [0.2, 0.25) is 5.02 Å². The fraction of sp³-hybridized carbons (Fsp3) is 0.276. The van der Waals surface area contributed by atoms with Crippen molar-refractivity contribution in [3.05, 3.63) is 105 Å². The van der Waals surface area contributed by atoms with E-state index in [9.17, 15) is 4.79 Å². The highest BCUT2D eigenvalue weighted by Crippen LogP contribution is 2.33. The number of fused-ring (bicyclic) bond motifs is 1. The standard InChI is InChI=1S/C29H28BrClN2O/c30-28-23(10-9-21-5-2-1-3-6-21)7-4-8-27(28)29(34)33-18-17-32-19-24(13-16-26(32)20-33)22-11-14-25(31)15-12-22/h1-12,14-15,24,26H,13,16-20H2/b10-9+/t24-,26+/m0/s1. The Bertz CT molecular complexity index is 1180. The Morgan fingerprint density at radius 2 is 1.68 bits per heavy atom. The minimum absolute atomic E-state index is 0.112. The van der Waals surface area contributed by atoms with Crippen LogP contribution in [0.5, 0.6) is 0 Å². The van der Waals surface area contributed by atoms with Crippen LogP contribution in [-0.2, 0) is 0 Å². The molecule has 3 nitrogen and oxygen atoms in total. The summed E-state index contributed by atoms with van der Waals surface area (Å²) in [5.74, 6) is 0.652. The zero-order valence-corrected chi connectivity index (χ0v) is 21.4. The first-order chi connectivity index (χ1) is 16.6. The van der Waals surface area contributed by atoms with Gasteiger partial charge in [0, 0.05) is 41.7 Å². The average molecular weight is 536 g/mol. The van der Waals surface area contributed by atoms with E-state index in [2.05, 4.69) is 57.2 Å². The predicted molar refractivity (Wildman–Crippen MR) is 144 cm³/mol. The number of piperazine rings is 1. The lowest BCUT2D eigenvalue weighted by atomic mass is 9.86. The highest BCUT2D eigenvalue weighted by atomic mass is 79.9. The van der Waals surface area contributed by atoms with Gasteiger partial charge < -0.3 is 4.90 Å². The molecule has 5 rings (SSSR count). The largest absolute Gasteiger partial charge is 0.336 e. The summed E-state index contributed by atoms with van der Waals surface area (Å²) in [5.41, 5.74) is 4.25. The Kier molecular flexibility index (Phi) is 7.19. The fourth-order valence-electron chi connectivity index (χ4n) is 5.13. The van der Waals surface area contributed by atoms with E-state index in [0.717, 1.165) is 65.2 Å². The summed E-state index contributed by atoms with van der Waals surface area (Å²) < 4.78 is 0.862. The molecule has 5 heteroatoms. The number of halogens is 2. The average Bonchev–Trinajstić information content (AvgIpc) is 2.88. The summed E-state index contributed by atoms with van der Waals surface area (Å²) in [6, 6.07) is 24.9. The first-order valence-corrected chi connectivity index (χ1v) is 13.1. The lowest BCUT2D eigenvalue weighted by Crippen LogP contribution is -2.57. The summed E-state index contributed by atoms with van der Waals surface area (Å²) in [4.78, 5) is 18.1. The van der Waals surface area contributed by atoms with Crippen molar-refractivity contribution in [3.63, 3.8) is 0 Å². The molecular formula is C29H28BrClN2O. The van der Waals surface area contributed by atoms with Gasteiger partial charge >= 0.3 is 0 Å². The summed E-state index contributed by atoms with van der Waals surface area (Å²) >= 11 is 9.78. The maximum Gasteiger partial charge on any atom is 0.255 e. The third-order valence-corrected chi connectivity index (χ3v) is 8.19. The van der Waals surface area contributed by atoms with E-state index in [1.807, 2.05) is 53.4 Å². The van der Waals surface area contributed by atoms with Gasteiger partial charge in [0.2, 0.25) is 0 Å². The molecule has 34 heavy (non-hydrogen) atoms. The minimum Gasteiger partial charge on any atom is -0.336 e. The number of nitrogens with zero attached hydrogens (tertiary/aromatic N) is 2. The second kappa shape index (κ2) is 10.5. The van der Waals surface area contributed by atoms with Crippen molar-refractivity contribution in [3.8, 4) is 0 Å². The number of carbonyl (C=O) groups excluding carboxylic acids is 1. The maximum absolute atomic E-state index is 13.5. The van der Waals surface area contributed by atoms with E-state index in [0.29, 0.717) is 12.0 Å². The van der Waals surface area contributed by atoms with Crippen molar-refractivity contribution in [2.24, 2.45) is 0 Å². The van der Waals surface area contributed by atoms with Gasteiger partial charge in [-0.3, -0.25) is 9.69 Å². The molecule has 0 aliphatic carbocycles. The number of amides is 1. The maximum atomic E-state index is 13.5. The van der Waals surface area contributed by atoms with Gasteiger partial charge in [-0.05, 0) is 69.6 Å². The van der Waals surface area contributed by atoms with Crippen molar-refractivity contribution in [1.82, 2.24) is 9.80 Å². The lowest BCUT2D eigenvalue weighted by molar-refractivity contribution is 0.0328. The van der Waals surface area contributed by atoms with Crippen LogP contribution in [0.25, 0.3) is 12.2 Å². The van der Waals surface area contributed by atoms with Crippen LogP contribution < -0.4 is 0 Å². The molecule has 3 aromatic rings.